The number of anilines is 1. The number of carboxylic acids is 1. The molecule has 1 aliphatic carbocycles. The molecule has 0 bridgehead atoms. The average Bonchev–Trinajstić information content (AvgIpc) is 3.16. The summed E-state index contributed by atoms with van der Waals surface area (Å²) in [7, 11) is 0. The molecule has 1 amide bonds. The van der Waals surface area contributed by atoms with E-state index in [4.69, 9.17) is 9.84 Å². The van der Waals surface area contributed by atoms with E-state index in [0.717, 1.165) is 11.3 Å². The molecule has 3 atom stereocenters. The number of fused-ring (bicyclic) bond motifs is 1. The molecule has 3 unspecified atom stereocenters. The third-order valence-electron chi connectivity index (χ3n) is 3.86. The van der Waals surface area contributed by atoms with E-state index in [9.17, 15) is 9.59 Å². The van der Waals surface area contributed by atoms with Gasteiger partial charge in [0.2, 0.25) is 5.91 Å². The Labute approximate surface area is 117 Å². The number of hydrogen-bond acceptors (Lipinski definition) is 3. The SMILES string of the molecule is Cc1ccc2c(c1)OC(C)CN2C(=O)C1CC1C(=O)O. The van der Waals surface area contributed by atoms with Crippen molar-refractivity contribution in [3.05, 3.63) is 23.8 Å². The summed E-state index contributed by atoms with van der Waals surface area (Å²) in [6.45, 7) is 4.35. The summed E-state index contributed by atoms with van der Waals surface area (Å²) >= 11 is 0. The second kappa shape index (κ2) is 4.51. The summed E-state index contributed by atoms with van der Waals surface area (Å²) in [5.41, 5.74) is 1.81. The lowest BCUT2D eigenvalue weighted by molar-refractivity contribution is -0.140. The van der Waals surface area contributed by atoms with E-state index < -0.39 is 11.9 Å². The van der Waals surface area contributed by atoms with Crippen molar-refractivity contribution in [1.82, 2.24) is 0 Å². The van der Waals surface area contributed by atoms with Crippen LogP contribution >= 0.6 is 0 Å². The normalized spacial score (nSPS) is 27.5. The van der Waals surface area contributed by atoms with Crippen LogP contribution in [0.3, 0.4) is 0 Å². The van der Waals surface area contributed by atoms with E-state index in [1.54, 1.807) is 4.90 Å². The Kier molecular flexibility index (Phi) is 2.92. The zero-order valence-corrected chi connectivity index (χ0v) is 11.5. The molecule has 3 rings (SSSR count). The molecule has 1 aliphatic heterocycles. The minimum atomic E-state index is -0.881. The highest BCUT2D eigenvalue weighted by molar-refractivity contribution is 6.01. The van der Waals surface area contributed by atoms with Crippen LogP contribution in [0.5, 0.6) is 5.75 Å². The van der Waals surface area contributed by atoms with Crippen molar-refractivity contribution >= 4 is 17.6 Å². The van der Waals surface area contributed by atoms with Gasteiger partial charge >= 0.3 is 5.97 Å². The molecule has 1 aromatic carbocycles. The maximum Gasteiger partial charge on any atom is 0.307 e. The first-order valence-corrected chi connectivity index (χ1v) is 6.79. The van der Waals surface area contributed by atoms with Crippen LogP contribution in [0.4, 0.5) is 5.69 Å². The van der Waals surface area contributed by atoms with Gasteiger partial charge in [0, 0.05) is 0 Å². The number of benzene rings is 1. The monoisotopic (exact) mass is 275 g/mol. The number of carbonyl (C=O) groups excluding carboxylic acids is 1. The number of carbonyl (C=O) groups is 2. The third kappa shape index (κ3) is 2.13. The second-order valence-electron chi connectivity index (χ2n) is 5.64. The molecule has 20 heavy (non-hydrogen) atoms. The number of hydrogen-bond donors (Lipinski definition) is 1. The average molecular weight is 275 g/mol. The van der Waals surface area contributed by atoms with Crippen molar-refractivity contribution in [2.75, 3.05) is 11.4 Å². The highest BCUT2D eigenvalue weighted by Gasteiger charge is 2.50. The summed E-state index contributed by atoms with van der Waals surface area (Å²) in [6.07, 6.45) is 0.358. The highest BCUT2D eigenvalue weighted by atomic mass is 16.5. The minimum Gasteiger partial charge on any atom is -0.487 e. The van der Waals surface area contributed by atoms with E-state index in [2.05, 4.69) is 0 Å². The summed E-state index contributed by atoms with van der Waals surface area (Å²) in [5.74, 6) is -1.18. The molecule has 5 heteroatoms. The van der Waals surface area contributed by atoms with E-state index >= 15 is 0 Å². The summed E-state index contributed by atoms with van der Waals surface area (Å²) in [6, 6.07) is 5.71. The summed E-state index contributed by atoms with van der Waals surface area (Å²) < 4.78 is 5.76. The molecular formula is C15H17NO4. The van der Waals surface area contributed by atoms with Gasteiger partial charge in [0.25, 0.3) is 0 Å². The van der Waals surface area contributed by atoms with Gasteiger partial charge in [0.15, 0.2) is 0 Å². The predicted molar refractivity (Wildman–Crippen MR) is 72.9 cm³/mol. The fourth-order valence-electron chi connectivity index (χ4n) is 2.70. The Hall–Kier alpha value is -2.04. The van der Waals surface area contributed by atoms with Crippen LogP contribution in [0.25, 0.3) is 0 Å². The minimum absolute atomic E-state index is 0.0877. The van der Waals surface area contributed by atoms with Crippen molar-refractivity contribution in [3.63, 3.8) is 0 Å². The molecule has 0 radical (unpaired) electrons. The van der Waals surface area contributed by atoms with E-state index in [0.29, 0.717) is 18.7 Å². The Morgan fingerprint density at radius 2 is 2.10 bits per heavy atom. The third-order valence-corrected chi connectivity index (χ3v) is 3.86. The molecular weight excluding hydrogens is 258 g/mol. The van der Waals surface area contributed by atoms with Crippen LogP contribution in [-0.2, 0) is 9.59 Å². The molecule has 106 valence electrons. The highest BCUT2D eigenvalue weighted by Crippen LogP contribution is 2.43. The number of rotatable bonds is 2. The molecule has 1 aromatic rings. The molecule has 0 aromatic heterocycles. The standard InChI is InChI=1S/C15H17NO4/c1-8-3-4-12-13(5-8)20-9(2)7-16(12)14(17)10-6-11(10)15(18)19/h3-5,9-11H,6-7H2,1-2H3,(H,18,19). The molecule has 2 aliphatic rings. The number of carboxylic acid groups (broad SMARTS) is 1. The van der Waals surface area contributed by atoms with Gasteiger partial charge in [0.05, 0.1) is 24.1 Å². The van der Waals surface area contributed by atoms with Crippen LogP contribution in [0.2, 0.25) is 0 Å². The van der Waals surface area contributed by atoms with Crippen molar-refractivity contribution in [2.24, 2.45) is 11.8 Å². The van der Waals surface area contributed by atoms with Crippen molar-refractivity contribution in [1.29, 1.82) is 0 Å². The predicted octanol–water partition coefficient (Wildman–Crippen LogP) is 1.83. The molecule has 1 saturated carbocycles. The van der Waals surface area contributed by atoms with Gasteiger partial charge in [-0.05, 0) is 38.0 Å². The zero-order chi connectivity index (χ0) is 14.4. The Balaban J connectivity index is 1.88. The smallest absolute Gasteiger partial charge is 0.307 e. The molecule has 0 saturated heterocycles. The number of nitrogens with zero attached hydrogens (tertiary/aromatic N) is 1. The number of ether oxygens (including phenoxy) is 1. The number of aliphatic carboxylic acids is 1. The first-order valence-electron chi connectivity index (χ1n) is 6.79. The molecule has 0 spiro atoms. The maximum atomic E-state index is 12.5. The fourth-order valence-corrected chi connectivity index (χ4v) is 2.70. The van der Waals surface area contributed by atoms with Crippen LogP contribution in [0, 0.1) is 18.8 Å². The maximum absolute atomic E-state index is 12.5. The van der Waals surface area contributed by atoms with Crippen LogP contribution in [0.1, 0.15) is 18.9 Å². The van der Waals surface area contributed by atoms with E-state index in [1.165, 1.54) is 0 Å². The van der Waals surface area contributed by atoms with Crippen molar-refractivity contribution < 1.29 is 19.4 Å². The number of aryl methyl sites for hydroxylation is 1. The lowest BCUT2D eigenvalue weighted by Crippen LogP contribution is -2.43. The van der Waals surface area contributed by atoms with Crippen LogP contribution in [0.15, 0.2) is 18.2 Å². The Morgan fingerprint density at radius 1 is 1.35 bits per heavy atom. The molecule has 1 N–H and O–H groups in total. The zero-order valence-electron chi connectivity index (χ0n) is 11.5. The van der Waals surface area contributed by atoms with E-state index in [-0.39, 0.29) is 17.9 Å². The molecule has 1 heterocycles. The number of amides is 1. The summed E-state index contributed by atoms with van der Waals surface area (Å²) in [4.78, 5) is 25.1. The van der Waals surface area contributed by atoms with Gasteiger partial charge < -0.3 is 14.7 Å². The lowest BCUT2D eigenvalue weighted by atomic mass is 10.1. The Morgan fingerprint density at radius 3 is 2.75 bits per heavy atom. The van der Waals surface area contributed by atoms with Crippen molar-refractivity contribution in [2.45, 2.75) is 26.4 Å². The molecule has 5 nitrogen and oxygen atoms in total. The Bertz CT molecular complexity index is 583. The largest absolute Gasteiger partial charge is 0.487 e. The van der Waals surface area contributed by atoms with Gasteiger partial charge in [-0.1, -0.05) is 6.07 Å². The van der Waals surface area contributed by atoms with Gasteiger partial charge in [-0.3, -0.25) is 9.59 Å². The van der Waals surface area contributed by atoms with Gasteiger partial charge in [-0.2, -0.15) is 0 Å². The fraction of sp³-hybridized carbons (Fsp3) is 0.467. The van der Waals surface area contributed by atoms with E-state index in [1.807, 2.05) is 32.0 Å². The topological polar surface area (TPSA) is 66.8 Å². The first-order chi connectivity index (χ1) is 9.47. The lowest BCUT2D eigenvalue weighted by Gasteiger charge is -2.33. The second-order valence-corrected chi connectivity index (χ2v) is 5.64. The van der Waals surface area contributed by atoms with Crippen molar-refractivity contribution in [3.8, 4) is 5.75 Å². The van der Waals surface area contributed by atoms with Gasteiger partial charge in [-0.25, -0.2) is 0 Å². The van der Waals surface area contributed by atoms with Gasteiger partial charge in [0.1, 0.15) is 11.9 Å². The van der Waals surface area contributed by atoms with Gasteiger partial charge in [-0.15, -0.1) is 0 Å². The quantitative estimate of drug-likeness (QED) is 0.894. The van der Waals surface area contributed by atoms with Crippen LogP contribution < -0.4 is 9.64 Å². The molecule has 1 fully saturated rings. The first kappa shape index (κ1) is 13.0. The van der Waals surface area contributed by atoms with Crippen LogP contribution in [-0.4, -0.2) is 29.6 Å². The summed E-state index contributed by atoms with van der Waals surface area (Å²) in [5, 5.41) is 8.96.